The highest BCUT2D eigenvalue weighted by atomic mass is 16.6. The number of hydrogen-bond donors (Lipinski definition) is 2. The molecule has 1 aliphatic carbocycles. The zero-order valence-electron chi connectivity index (χ0n) is 15.6. The van der Waals surface area contributed by atoms with Gasteiger partial charge in [-0.15, -0.1) is 6.58 Å². The number of aliphatic hydroxyl groups is 2. The smallest absolute Gasteiger partial charge is 0.334 e. The van der Waals surface area contributed by atoms with Crippen molar-refractivity contribution in [1.82, 2.24) is 0 Å². The van der Waals surface area contributed by atoms with E-state index < -0.39 is 47.5 Å². The van der Waals surface area contributed by atoms with E-state index >= 15 is 0 Å². The summed E-state index contributed by atoms with van der Waals surface area (Å²) in [6.45, 7) is 16.5. The highest BCUT2D eigenvalue weighted by Crippen LogP contribution is 2.53. The fourth-order valence-electron chi connectivity index (χ4n) is 3.99. The van der Waals surface area contributed by atoms with Gasteiger partial charge in [-0.05, 0) is 12.0 Å². The highest BCUT2D eigenvalue weighted by molar-refractivity contribution is 5.91. The van der Waals surface area contributed by atoms with Crippen molar-refractivity contribution in [3.63, 3.8) is 0 Å². The Balaban J connectivity index is 2.54. The Morgan fingerprint density at radius 2 is 2.12 bits per heavy atom. The molecule has 2 N–H and O–H groups in total. The number of carbonyl (C=O) groups excluding carboxylic acids is 2. The normalized spacial score (nSPS) is 37.5. The molecule has 2 fully saturated rings. The Labute approximate surface area is 154 Å². The van der Waals surface area contributed by atoms with Crippen LogP contribution in [0.4, 0.5) is 0 Å². The van der Waals surface area contributed by atoms with Gasteiger partial charge in [0.15, 0.2) is 0 Å². The quantitative estimate of drug-likeness (QED) is 0.424. The van der Waals surface area contributed by atoms with E-state index in [1.807, 2.05) is 6.92 Å². The number of esters is 2. The second-order valence-electron chi connectivity index (χ2n) is 7.44. The van der Waals surface area contributed by atoms with Crippen molar-refractivity contribution in [2.45, 2.75) is 45.5 Å². The summed E-state index contributed by atoms with van der Waals surface area (Å²) in [6, 6.07) is 0. The first-order chi connectivity index (χ1) is 12.1. The molecule has 7 atom stereocenters. The van der Waals surface area contributed by atoms with E-state index in [-0.39, 0.29) is 18.1 Å². The first kappa shape index (κ1) is 20.4. The molecule has 0 spiro atoms. The summed E-state index contributed by atoms with van der Waals surface area (Å²) in [5, 5.41) is 20.6. The molecule has 0 aromatic heterocycles. The van der Waals surface area contributed by atoms with Gasteiger partial charge < -0.3 is 19.7 Å². The molecule has 0 unspecified atom stereocenters. The van der Waals surface area contributed by atoms with Gasteiger partial charge in [0, 0.05) is 16.9 Å². The van der Waals surface area contributed by atoms with Crippen LogP contribution in [0.15, 0.2) is 37.0 Å². The molecule has 0 bridgehead atoms. The van der Waals surface area contributed by atoms with Gasteiger partial charge in [0.05, 0.1) is 24.5 Å². The molecule has 1 aliphatic heterocycles. The van der Waals surface area contributed by atoms with Gasteiger partial charge in [-0.1, -0.05) is 40.0 Å². The Kier molecular flexibility index (Phi) is 5.78. The Bertz CT molecular complexity index is 638. The molecule has 6 heteroatoms. The third kappa shape index (κ3) is 3.01. The summed E-state index contributed by atoms with van der Waals surface area (Å²) in [5.41, 5.74) is -0.474. The number of hydrogen-bond acceptors (Lipinski definition) is 6. The summed E-state index contributed by atoms with van der Waals surface area (Å²) < 4.78 is 11.2. The number of aliphatic hydroxyl groups excluding tert-OH is 2. The summed E-state index contributed by atoms with van der Waals surface area (Å²) in [5.74, 6) is -2.77. The van der Waals surface area contributed by atoms with E-state index in [2.05, 4.69) is 19.7 Å². The van der Waals surface area contributed by atoms with Gasteiger partial charge in [-0.25, -0.2) is 4.79 Å². The molecule has 2 rings (SSSR count). The number of ether oxygens (including phenoxy) is 2. The number of rotatable bonds is 6. The molecule has 6 nitrogen and oxygen atoms in total. The Morgan fingerprint density at radius 3 is 2.62 bits per heavy atom. The van der Waals surface area contributed by atoms with Crippen molar-refractivity contribution >= 4 is 11.9 Å². The first-order valence-corrected chi connectivity index (χ1v) is 8.84. The lowest BCUT2D eigenvalue weighted by Gasteiger charge is -2.51. The second kappa shape index (κ2) is 7.37. The summed E-state index contributed by atoms with van der Waals surface area (Å²) in [7, 11) is 0. The van der Waals surface area contributed by atoms with Crippen LogP contribution < -0.4 is 0 Å². The fourth-order valence-corrected chi connectivity index (χ4v) is 3.99. The van der Waals surface area contributed by atoms with Crippen LogP contribution in [0, 0.1) is 23.2 Å². The van der Waals surface area contributed by atoms with Crippen molar-refractivity contribution in [3.05, 3.63) is 37.0 Å². The number of fused-ring (bicyclic) bond motifs is 1. The van der Waals surface area contributed by atoms with E-state index in [0.29, 0.717) is 12.0 Å². The summed E-state index contributed by atoms with van der Waals surface area (Å²) in [4.78, 5) is 24.6. The van der Waals surface area contributed by atoms with Gasteiger partial charge in [-0.2, -0.15) is 0 Å². The van der Waals surface area contributed by atoms with Crippen molar-refractivity contribution < 1.29 is 29.3 Å². The Hall–Kier alpha value is -1.92. The third-order valence-corrected chi connectivity index (χ3v) is 5.89. The van der Waals surface area contributed by atoms with Gasteiger partial charge in [0.2, 0.25) is 0 Å². The third-order valence-electron chi connectivity index (χ3n) is 5.89. The molecule has 1 heterocycles. The minimum Gasteiger partial charge on any atom is -0.457 e. The summed E-state index contributed by atoms with van der Waals surface area (Å²) in [6.07, 6.45) is -0.622. The van der Waals surface area contributed by atoms with Crippen LogP contribution >= 0.6 is 0 Å². The second-order valence-corrected chi connectivity index (χ2v) is 7.44. The van der Waals surface area contributed by atoms with Crippen LogP contribution in [0.2, 0.25) is 0 Å². The van der Waals surface area contributed by atoms with E-state index in [0.717, 1.165) is 0 Å². The monoisotopic (exact) mass is 364 g/mol. The Morgan fingerprint density at radius 1 is 1.50 bits per heavy atom. The van der Waals surface area contributed by atoms with E-state index in [1.54, 1.807) is 19.9 Å². The SMILES string of the molecule is C=C[C@@]1(C)[C@H](C(=C)CO)[C@@H](O)[C@@H]2C(=C)C(=O)O[C@@H]2[C@@H]1OC(=O)[C@H](C)CC. The molecule has 0 aromatic carbocycles. The van der Waals surface area contributed by atoms with E-state index in [1.165, 1.54) is 0 Å². The topological polar surface area (TPSA) is 93.1 Å². The zero-order valence-corrected chi connectivity index (χ0v) is 15.6. The largest absolute Gasteiger partial charge is 0.457 e. The van der Waals surface area contributed by atoms with Crippen LogP contribution in [0.3, 0.4) is 0 Å². The average molecular weight is 364 g/mol. The molecule has 1 saturated heterocycles. The van der Waals surface area contributed by atoms with Crippen LogP contribution in [-0.2, 0) is 19.1 Å². The predicted octanol–water partition coefficient (Wildman–Crippen LogP) is 1.77. The van der Waals surface area contributed by atoms with Crippen LogP contribution in [0.5, 0.6) is 0 Å². The van der Waals surface area contributed by atoms with Crippen molar-refractivity contribution in [2.24, 2.45) is 23.2 Å². The lowest BCUT2D eigenvalue weighted by atomic mass is 9.57. The standard InChI is InChI=1S/C20H28O6/c1-7-10(3)18(23)26-17-16-13(12(5)19(24)25-16)15(22)14(11(4)9-21)20(17,6)8-2/h8,10,13-17,21-22H,2,4-5,7,9H2,1,3,6H3/t10-,13+,14-,15+,16+,17+,20+/m1/s1. The zero-order chi connectivity index (χ0) is 19.8. The number of carbonyl (C=O) groups is 2. The molecule has 2 aliphatic rings. The molecule has 0 radical (unpaired) electrons. The predicted molar refractivity (Wildman–Crippen MR) is 95.9 cm³/mol. The highest BCUT2D eigenvalue weighted by Gasteiger charge is 2.63. The van der Waals surface area contributed by atoms with E-state index in [4.69, 9.17) is 9.47 Å². The minimum absolute atomic E-state index is 0.133. The average Bonchev–Trinajstić information content (AvgIpc) is 2.92. The molecular formula is C20H28O6. The van der Waals surface area contributed by atoms with Crippen LogP contribution in [-0.4, -0.2) is 47.1 Å². The molecule has 144 valence electrons. The first-order valence-electron chi connectivity index (χ1n) is 8.84. The van der Waals surface area contributed by atoms with E-state index in [9.17, 15) is 19.8 Å². The molecular weight excluding hydrogens is 336 g/mol. The maximum Gasteiger partial charge on any atom is 0.334 e. The summed E-state index contributed by atoms with van der Waals surface area (Å²) >= 11 is 0. The van der Waals surface area contributed by atoms with Crippen LogP contribution in [0.1, 0.15) is 27.2 Å². The van der Waals surface area contributed by atoms with Gasteiger partial charge in [0.1, 0.15) is 12.2 Å². The molecule has 0 aromatic rings. The van der Waals surface area contributed by atoms with Gasteiger partial charge in [-0.3, -0.25) is 4.79 Å². The van der Waals surface area contributed by atoms with Crippen molar-refractivity contribution in [2.75, 3.05) is 6.61 Å². The molecule has 26 heavy (non-hydrogen) atoms. The minimum atomic E-state index is -1.07. The maximum atomic E-state index is 12.5. The van der Waals surface area contributed by atoms with Crippen molar-refractivity contribution in [3.8, 4) is 0 Å². The maximum absolute atomic E-state index is 12.5. The molecule has 1 saturated carbocycles. The fraction of sp³-hybridized carbons (Fsp3) is 0.600. The van der Waals surface area contributed by atoms with Gasteiger partial charge in [0.25, 0.3) is 0 Å². The van der Waals surface area contributed by atoms with Crippen LogP contribution in [0.25, 0.3) is 0 Å². The van der Waals surface area contributed by atoms with Gasteiger partial charge >= 0.3 is 11.9 Å². The van der Waals surface area contributed by atoms with Crippen molar-refractivity contribution in [1.29, 1.82) is 0 Å². The molecule has 0 amide bonds. The lowest BCUT2D eigenvalue weighted by molar-refractivity contribution is -0.195. The lowest BCUT2D eigenvalue weighted by Crippen LogP contribution is -2.61.